The van der Waals surface area contributed by atoms with Crippen LogP contribution >= 0.6 is 0 Å². The second kappa shape index (κ2) is 3.40. The number of carbonyl (C=O) groups excluding carboxylic acids is 1. The summed E-state index contributed by atoms with van der Waals surface area (Å²) in [5.74, 6) is 0.170. The van der Waals surface area contributed by atoms with E-state index in [1.165, 1.54) is 0 Å². The van der Waals surface area contributed by atoms with E-state index >= 15 is 0 Å². The molecular formula is C14H19NO4. The zero-order chi connectivity index (χ0) is 13.4. The Labute approximate surface area is 112 Å². The highest BCUT2D eigenvalue weighted by molar-refractivity contribution is 5.98. The van der Waals surface area contributed by atoms with Gasteiger partial charge in [-0.2, -0.15) is 0 Å². The average Bonchev–Trinajstić information content (AvgIpc) is 2.70. The van der Waals surface area contributed by atoms with Gasteiger partial charge in [0.05, 0.1) is 12.7 Å². The average molecular weight is 265 g/mol. The van der Waals surface area contributed by atoms with Gasteiger partial charge in [0.2, 0.25) is 6.29 Å². The van der Waals surface area contributed by atoms with E-state index in [0.29, 0.717) is 19.4 Å². The summed E-state index contributed by atoms with van der Waals surface area (Å²) in [5, 5.41) is 13.8. The molecule has 2 N–H and O–H groups in total. The summed E-state index contributed by atoms with van der Waals surface area (Å²) < 4.78 is 11.2. The summed E-state index contributed by atoms with van der Waals surface area (Å²) in [4.78, 5) is 12.4. The van der Waals surface area contributed by atoms with Crippen molar-refractivity contribution in [3.63, 3.8) is 0 Å². The van der Waals surface area contributed by atoms with Crippen LogP contribution in [0.4, 0.5) is 0 Å². The Hall–Kier alpha value is -0.910. The van der Waals surface area contributed by atoms with Crippen LogP contribution < -0.4 is 5.32 Å². The number of ether oxygens (including phenoxy) is 2. The fourth-order valence-electron chi connectivity index (χ4n) is 3.98. The molecule has 0 radical (unpaired) electrons. The first kappa shape index (κ1) is 11.9. The summed E-state index contributed by atoms with van der Waals surface area (Å²) in [5.41, 5.74) is 0.525. The van der Waals surface area contributed by atoms with Crippen molar-refractivity contribution < 1.29 is 19.4 Å². The van der Waals surface area contributed by atoms with Crippen LogP contribution in [0.15, 0.2) is 11.3 Å². The van der Waals surface area contributed by atoms with E-state index in [1.807, 2.05) is 0 Å². The fourth-order valence-corrected chi connectivity index (χ4v) is 3.98. The molecule has 2 fully saturated rings. The van der Waals surface area contributed by atoms with Crippen molar-refractivity contribution in [2.45, 2.75) is 51.2 Å². The first-order valence-corrected chi connectivity index (χ1v) is 6.92. The smallest absolute Gasteiger partial charge is 0.206 e. The second-order valence-electron chi connectivity index (χ2n) is 7.03. The summed E-state index contributed by atoms with van der Waals surface area (Å²) in [7, 11) is 0. The van der Waals surface area contributed by atoms with Gasteiger partial charge in [-0.1, -0.05) is 13.8 Å². The van der Waals surface area contributed by atoms with Gasteiger partial charge >= 0.3 is 0 Å². The first-order valence-electron chi connectivity index (χ1n) is 6.92. The zero-order valence-electron chi connectivity index (χ0n) is 11.2. The molecule has 3 heterocycles. The molecule has 0 aromatic heterocycles. The molecule has 4 bridgehead atoms. The van der Waals surface area contributed by atoms with Gasteiger partial charge in [0.15, 0.2) is 11.5 Å². The summed E-state index contributed by atoms with van der Waals surface area (Å²) >= 11 is 0. The van der Waals surface area contributed by atoms with Crippen molar-refractivity contribution >= 4 is 5.78 Å². The van der Waals surface area contributed by atoms with Crippen LogP contribution in [0.1, 0.15) is 33.1 Å². The monoisotopic (exact) mass is 265 g/mol. The summed E-state index contributed by atoms with van der Waals surface area (Å²) in [6.45, 7) is 4.64. The summed E-state index contributed by atoms with van der Waals surface area (Å²) in [6.07, 6.45) is 1.18. The van der Waals surface area contributed by atoms with E-state index in [0.717, 1.165) is 17.7 Å². The third kappa shape index (κ3) is 1.55. The molecule has 19 heavy (non-hydrogen) atoms. The number of fused-ring (bicyclic) bond motifs is 7. The van der Waals surface area contributed by atoms with Gasteiger partial charge in [-0.25, -0.2) is 0 Å². The van der Waals surface area contributed by atoms with Crippen molar-refractivity contribution in [2.75, 3.05) is 6.61 Å². The van der Waals surface area contributed by atoms with Gasteiger partial charge in [-0.15, -0.1) is 0 Å². The van der Waals surface area contributed by atoms with E-state index in [4.69, 9.17) is 9.47 Å². The van der Waals surface area contributed by atoms with E-state index in [1.54, 1.807) is 0 Å². The van der Waals surface area contributed by atoms with Crippen LogP contribution in [0.5, 0.6) is 0 Å². The minimum Gasteiger partial charge on any atom is -0.367 e. The lowest BCUT2D eigenvalue weighted by atomic mass is 9.68. The molecule has 4 unspecified atom stereocenters. The minimum absolute atomic E-state index is 0.0244. The zero-order valence-corrected chi connectivity index (χ0v) is 11.2. The largest absolute Gasteiger partial charge is 0.367 e. The molecule has 0 saturated carbocycles. The Morgan fingerprint density at radius 1 is 1.37 bits per heavy atom. The van der Waals surface area contributed by atoms with E-state index < -0.39 is 12.0 Å². The van der Waals surface area contributed by atoms with Crippen molar-refractivity contribution in [3.05, 3.63) is 11.3 Å². The molecule has 4 atom stereocenters. The molecule has 3 aliphatic heterocycles. The number of hydrogen-bond acceptors (Lipinski definition) is 5. The van der Waals surface area contributed by atoms with Gasteiger partial charge in [0, 0.05) is 30.0 Å². The van der Waals surface area contributed by atoms with Crippen LogP contribution in [0.3, 0.4) is 0 Å². The highest BCUT2D eigenvalue weighted by atomic mass is 16.7. The third-order valence-electron chi connectivity index (χ3n) is 4.74. The predicted molar refractivity (Wildman–Crippen MR) is 65.9 cm³/mol. The lowest BCUT2D eigenvalue weighted by molar-refractivity contribution is -0.236. The lowest BCUT2D eigenvalue weighted by Crippen LogP contribution is -2.63. The Kier molecular flexibility index (Phi) is 2.12. The van der Waals surface area contributed by atoms with Crippen LogP contribution in [-0.2, 0) is 14.3 Å². The maximum Gasteiger partial charge on any atom is 0.206 e. The molecule has 2 saturated heterocycles. The molecule has 1 aliphatic carbocycles. The van der Waals surface area contributed by atoms with Crippen molar-refractivity contribution in [3.8, 4) is 0 Å². The molecule has 0 spiro atoms. The highest BCUT2D eigenvalue weighted by Crippen LogP contribution is 2.49. The van der Waals surface area contributed by atoms with Crippen molar-refractivity contribution in [2.24, 2.45) is 11.3 Å². The number of ketones is 1. The standard InChI is InChI=1S/C14H19NO4/c1-13(2)4-8-11(9(16)5-13)7-3-14(17,15-8)12-18-6-10(7)19-12/h7,10,12,15,17H,3-6H2,1-2H3. The number of nitrogens with one attached hydrogen (secondary N) is 1. The van der Waals surface area contributed by atoms with E-state index in [9.17, 15) is 9.90 Å². The molecular weight excluding hydrogens is 246 g/mol. The molecule has 0 amide bonds. The fraction of sp³-hybridized carbons (Fsp3) is 0.786. The Bertz CT molecular complexity index is 498. The molecule has 5 heteroatoms. The number of aliphatic hydroxyl groups is 1. The Morgan fingerprint density at radius 2 is 2.16 bits per heavy atom. The summed E-state index contributed by atoms with van der Waals surface area (Å²) in [6, 6.07) is 0. The van der Waals surface area contributed by atoms with Gasteiger partial charge in [0.25, 0.3) is 0 Å². The van der Waals surface area contributed by atoms with Crippen LogP contribution in [0, 0.1) is 11.3 Å². The molecule has 0 aromatic rings. The van der Waals surface area contributed by atoms with E-state index in [-0.39, 0.29) is 23.2 Å². The maximum absolute atomic E-state index is 12.4. The van der Waals surface area contributed by atoms with Crippen LogP contribution in [0.25, 0.3) is 0 Å². The number of carbonyl (C=O) groups is 1. The van der Waals surface area contributed by atoms with Gasteiger partial charge in [0.1, 0.15) is 0 Å². The molecule has 104 valence electrons. The molecule has 5 nitrogen and oxygen atoms in total. The van der Waals surface area contributed by atoms with Gasteiger partial charge in [-0.3, -0.25) is 4.79 Å². The van der Waals surface area contributed by atoms with Crippen LogP contribution in [-0.4, -0.2) is 35.6 Å². The van der Waals surface area contributed by atoms with Crippen molar-refractivity contribution in [1.29, 1.82) is 0 Å². The van der Waals surface area contributed by atoms with E-state index in [2.05, 4.69) is 19.2 Å². The van der Waals surface area contributed by atoms with Gasteiger partial charge in [-0.05, 0) is 11.8 Å². The minimum atomic E-state index is -1.18. The van der Waals surface area contributed by atoms with Crippen molar-refractivity contribution in [1.82, 2.24) is 5.32 Å². The molecule has 0 aromatic carbocycles. The number of rotatable bonds is 0. The first-order chi connectivity index (χ1) is 8.88. The normalized spacial score (nSPS) is 46.9. The predicted octanol–water partition coefficient (Wildman–Crippen LogP) is 0.683. The van der Waals surface area contributed by atoms with Crippen LogP contribution in [0.2, 0.25) is 0 Å². The Balaban J connectivity index is 1.81. The number of hydrogen-bond donors (Lipinski definition) is 2. The number of Topliss-reactive ketones (excluding diaryl/α,β-unsaturated/α-hetero) is 1. The SMILES string of the molecule is CC1(C)CC(=O)C2=C(C1)NC1(O)CC2C2COC1O2. The highest BCUT2D eigenvalue weighted by Gasteiger charge is 2.59. The second-order valence-corrected chi connectivity index (χ2v) is 7.03. The third-order valence-corrected chi connectivity index (χ3v) is 4.74. The molecule has 4 aliphatic rings. The quantitative estimate of drug-likeness (QED) is 0.674. The van der Waals surface area contributed by atoms with Gasteiger partial charge < -0.3 is 19.9 Å². The maximum atomic E-state index is 12.4. The number of allylic oxidation sites excluding steroid dienone is 1. The lowest BCUT2D eigenvalue weighted by Gasteiger charge is -2.49. The Morgan fingerprint density at radius 3 is 2.95 bits per heavy atom. The topological polar surface area (TPSA) is 67.8 Å². The molecule has 4 rings (SSSR count).